The van der Waals surface area contributed by atoms with Crippen LogP contribution in [-0.2, 0) is 32.2 Å². The Morgan fingerprint density at radius 3 is 1.28 bits per heavy atom. The van der Waals surface area contributed by atoms with Crippen LogP contribution in [-0.4, -0.2) is 78.7 Å². The Morgan fingerprint density at radius 2 is 0.983 bits per heavy atom. The van der Waals surface area contributed by atoms with Crippen molar-refractivity contribution in [3.05, 3.63) is 157 Å². The van der Waals surface area contributed by atoms with Crippen molar-refractivity contribution in [1.82, 2.24) is 9.80 Å². The first-order valence-electron chi connectivity index (χ1n) is 18.1. The molecular weight excluding hydrogens is 778 g/mol. The summed E-state index contributed by atoms with van der Waals surface area (Å²) < 4.78 is 10.6. The van der Waals surface area contributed by atoms with E-state index in [4.69, 9.17) is 27.0 Å². The third-order valence-corrected chi connectivity index (χ3v) is 7.87. The summed E-state index contributed by atoms with van der Waals surface area (Å²) >= 11 is 0. The molecule has 4 rings (SSSR count). The van der Waals surface area contributed by atoms with Gasteiger partial charge in [0.15, 0.2) is 11.5 Å². The molecule has 18 nitrogen and oxygen atoms in total. The first-order chi connectivity index (χ1) is 28.1. The molecule has 0 aliphatic rings. The maximum Gasteiger partial charge on any atom is 0.326 e. The van der Waals surface area contributed by atoms with Crippen molar-refractivity contribution < 1.29 is 43.7 Å². The van der Waals surface area contributed by atoms with Crippen LogP contribution in [0.5, 0.6) is 0 Å². The summed E-state index contributed by atoms with van der Waals surface area (Å²) in [6.45, 7) is 17.0. The molecule has 0 saturated heterocycles. The van der Waals surface area contributed by atoms with Gasteiger partial charge in [0.2, 0.25) is 0 Å². The molecule has 2 amide bonds. The quantitative estimate of drug-likeness (QED) is 0.0269. The molecule has 0 heterocycles. The molecule has 0 spiro atoms. The fourth-order valence-electron chi connectivity index (χ4n) is 5.23. The number of nitrogens with two attached hydrogens (primary N) is 1. The summed E-state index contributed by atoms with van der Waals surface area (Å²) in [4.78, 5) is 77.1. The molecule has 4 aromatic carbocycles. The first kappa shape index (κ1) is 46.7. The monoisotopic (exact) mass is 823 g/mol. The zero-order valence-electron chi connectivity index (χ0n) is 33.9. The lowest BCUT2D eigenvalue weighted by atomic mass is 10.1. The van der Waals surface area contributed by atoms with E-state index in [0.29, 0.717) is 16.8 Å². The van der Waals surface area contributed by atoms with E-state index in [0.717, 1.165) is 5.56 Å². The highest BCUT2D eigenvalue weighted by Gasteiger charge is 2.26. The van der Waals surface area contributed by atoms with Crippen molar-refractivity contribution >= 4 is 46.7 Å². The molecule has 0 aliphatic carbocycles. The molecule has 18 heteroatoms. The van der Waals surface area contributed by atoms with Gasteiger partial charge in [0.05, 0.1) is 16.4 Å². The summed E-state index contributed by atoms with van der Waals surface area (Å²) in [6.07, 6.45) is 0. The van der Waals surface area contributed by atoms with Gasteiger partial charge in [-0.3, -0.25) is 39.4 Å². The van der Waals surface area contributed by atoms with Gasteiger partial charge in [-0.15, -0.1) is 0 Å². The Hall–Kier alpha value is -7.68. The Balaban J connectivity index is 0.000000321. The molecule has 0 aliphatic heterocycles. The van der Waals surface area contributed by atoms with Crippen molar-refractivity contribution in [3.8, 4) is 0 Å². The van der Waals surface area contributed by atoms with Crippen LogP contribution in [0, 0.1) is 26.8 Å². The highest BCUT2D eigenvalue weighted by atomic mass is 16.6. The largest absolute Gasteiger partial charge is 0.459 e. The summed E-state index contributed by atoms with van der Waals surface area (Å²) in [6, 6.07) is 23.6. The van der Waals surface area contributed by atoms with E-state index in [1.165, 1.54) is 58.3 Å². The standard InChI is InChI=1S/C21H24N4O6.C21H21N3O5/c1-21(2,3)31-18(26)13-24(12-14-4-6-15(7-5-14)19(22)23-28)20(27)16-8-10-17(11-9-16)25(29)30;1-21(2,3)29-19(25)14-23(13-15-5-9-17(22-4)10-6-15)20(26)16-7-11-18(12-8-16)24(27)28/h4-11,28H,12-13H2,1-3H3,(H2,22,23);5-12H,13-14H2,1-3H3. The topological polar surface area (TPSA) is 242 Å². The third-order valence-electron chi connectivity index (χ3n) is 7.87. The summed E-state index contributed by atoms with van der Waals surface area (Å²) in [7, 11) is 0. The van der Waals surface area contributed by atoms with Gasteiger partial charge < -0.3 is 30.2 Å². The predicted molar refractivity (Wildman–Crippen MR) is 219 cm³/mol. The van der Waals surface area contributed by atoms with Gasteiger partial charge >= 0.3 is 11.9 Å². The van der Waals surface area contributed by atoms with Crippen LogP contribution in [0.3, 0.4) is 0 Å². The normalized spacial score (nSPS) is 11.2. The number of carbonyl (C=O) groups is 4. The van der Waals surface area contributed by atoms with Gasteiger partial charge in [-0.05, 0) is 76.9 Å². The van der Waals surface area contributed by atoms with E-state index < -0.39 is 44.8 Å². The molecule has 4 aromatic rings. The molecule has 0 unspecified atom stereocenters. The minimum Gasteiger partial charge on any atom is -0.459 e. The summed E-state index contributed by atoms with van der Waals surface area (Å²) in [5, 5.41) is 33.4. The Bertz CT molecular complexity index is 2240. The number of non-ortho nitro benzene ring substituents is 2. The molecule has 0 aromatic heterocycles. The number of amides is 2. The number of ether oxygens (including phenoxy) is 2. The van der Waals surface area contributed by atoms with E-state index in [2.05, 4.69) is 10.0 Å². The highest BCUT2D eigenvalue weighted by Crippen LogP contribution is 2.20. The van der Waals surface area contributed by atoms with Crippen molar-refractivity contribution in [2.45, 2.75) is 65.8 Å². The molecule has 0 atom stereocenters. The average molecular weight is 824 g/mol. The second-order valence-corrected chi connectivity index (χ2v) is 15.1. The Kier molecular flexibility index (Phi) is 16.1. The first-order valence-corrected chi connectivity index (χ1v) is 18.1. The fraction of sp³-hybridized carbons (Fsp3) is 0.286. The van der Waals surface area contributed by atoms with Crippen LogP contribution in [0.25, 0.3) is 4.85 Å². The number of nitrogens with zero attached hydrogens (tertiary/aromatic N) is 6. The molecular formula is C42H45N7O11. The van der Waals surface area contributed by atoms with Crippen LogP contribution >= 0.6 is 0 Å². The smallest absolute Gasteiger partial charge is 0.326 e. The number of nitro benzene ring substituents is 2. The van der Waals surface area contributed by atoms with Gasteiger partial charge in [0.1, 0.15) is 24.3 Å². The number of rotatable bonds is 13. The zero-order chi connectivity index (χ0) is 44.8. The number of carbonyl (C=O) groups excluding carboxylic acids is 4. The van der Waals surface area contributed by atoms with Crippen molar-refractivity contribution in [3.63, 3.8) is 0 Å². The zero-order valence-corrected chi connectivity index (χ0v) is 33.9. The van der Waals surface area contributed by atoms with Gasteiger partial charge in [-0.1, -0.05) is 53.7 Å². The van der Waals surface area contributed by atoms with Gasteiger partial charge in [0.25, 0.3) is 23.2 Å². The third kappa shape index (κ3) is 15.0. The van der Waals surface area contributed by atoms with Gasteiger partial charge in [-0.2, -0.15) is 0 Å². The Morgan fingerprint density at radius 1 is 0.650 bits per heavy atom. The molecule has 0 radical (unpaired) electrons. The lowest BCUT2D eigenvalue weighted by Gasteiger charge is -2.25. The molecule has 3 N–H and O–H groups in total. The number of oxime groups is 1. The number of esters is 2. The Labute approximate surface area is 345 Å². The van der Waals surface area contributed by atoms with Crippen LogP contribution in [0.2, 0.25) is 0 Å². The summed E-state index contributed by atoms with van der Waals surface area (Å²) in [5.74, 6) is -2.15. The van der Waals surface area contributed by atoms with Gasteiger partial charge in [0, 0.05) is 54.0 Å². The number of hydrogen-bond acceptors (Lipinski definition) is 12. The van der Waals surface area contributed by atoms with E-state index in [-0.39, 0.29) is 54.5 Å². The highest BCUT2D eigenvalue weighted by molar-refractivity contribution is 5.98. The lowest BCUT2D eigenvalue weighted by Crippen LogP contribution is -2.38. The number of hydrogen-bond donors (Lipinski definition) is 2. The van der Waals surface area contributed by atoms with E-state index in [1.807, 2.05) is 0 Å². The average Bonchev–Trinajstić information content (AvgIpc) is 3.19. The van der Waals surface area contributed by atoms with Crippen molar-refractivity contribution in [2.75, 3.05) is 13.1 Å². The van der Waals surface area contributed by atoms with Crippen LogP contribution in [0.4, 0.5) is 17.1 Å². The van der Waals surface area contributed by atoms with E-state index in [9.17, 15) is 39.4 Å². The molecule has 0 saturated carbocycles. The van der Waals surface area contributed by atoms with Crippen LogP contribution in [0.1, 0.15) is 78.9 Å². The minimum absolute atomic E-state index is 0.0564. The maximum absolute atomic E-state index is 13.0. The minimum atomic E-state index is -0.720. The van der Waals surface area contributed by atoms with Crippen LogP contribution < -0.4 is 5.73 Å². The fourth-order valence-corrected chi connectivity index (χ4v) is 5.23. The molecule has 0 fully saturated rings. The predicted octanol–water partition coefficient (Wildman–Crippen LogP) is 6.80. The lowest BCUT2D eigenvalue weighted by molar-refractivity contribution is -0.385. The second kappa shape index (κ2) is 20.7. The van der Waals surface area contributed by atoms with Crippen LogP contribution in [0.15, 0.2) is 102 Å². The van der Waals surface area contributed by atoms with Gasteiger partial charge in [-0.25, -0.2) is 4.85 Å². The maximum atomic E-state index is 13.0. The van der Waals surface area contributed by atoms with Crippen molar-refractivity contribution in [1.29, 1.82) is 0 Å². The number of nitro groups is 2. The summed E-state index contributed by atoms with van der Waals surface area (Å²) in [5.41, 5.74) is 6.66. The molecule has 314 valence electrons. The van der Waals surface area contributed by atoms with E-state index in [1.54, 1.807) is 90.1 Å². The molecule has 60 heavy (non-hydrogen) atoms. The van der Waals surface area contributed by atoms with E-state index >= 15 is 0 Å². The second-order valence-electron chi connectivity index (χ2n) is 15.1. The van der Waals surface area contributed by atoms with Crippen molar-refractivity contribution in [2.24, 2.45) is 10.9 Å². The number of benzene rings is 4. The SMILES string of the molecule is CC(C)(C)OC(=O)CN(Cc1ccc(C(N)=NO)cc1)C(=O)c1ccc([N+](=O)[O-])cc1.[C-]#[N+]c1ccc(CN(CC(=O)OC(C)(C)C)C(=O)c2ccc([N+](=O)[O-])cc2)cc1. The number of amidine groups is 1. The molecule has 0 bridgehead atoms.